The topological polar surface area (TPSA) is 41.3 Å². The third-order valence-corrected chi connectivity index (χ3v) is 3.77. The van der Waals surface area contributed by atoms with Crippen LogP contribution in [0.4, 0.5) is 5.69 Å². The van der Waals surface area contributed by atoms with Gasteiger partial charge in [-0.2, -0.15) is 0 Å². The molecular formula is C16H23N3O. The van der Waals surface area contributed by atoms with E-state index in [2.05, 4.69) is 48.1 Å². The van der Waals surface area contributed by atoms with Crippen molar-refractivity contribution in [2.24, 2.45) is 5.92 Å². The van der Waals surface area contributed by atoms with Gasteiger partial charge in [-0.3, -0.25) is 0 Å². The quantitative estimate of drug-likeness (QED) is 0.933. The van der Waals surface area contributed by atoms with Gasteiger partial charge in [0.2, 0.25) is 0 Å². The molecule has 0 bridgehead atoms. The van der Waals surface area contributed by atoms with Gasteiger partial charge < -0.3 is 14.6 Å². The summed E-state index contributed by atoms with van der Waals surface area (Å²) in [6.07, 6.45) is 0.900. The summed E-state index contributed by atoms with van der Waals surface area (Å²) in [7, 11) is 0. The van der Waals surface area contributed by atoms with E-state index in [-0.39, 0.29) is 0 Å². The number of oxazole rings is 1. The number of fused-ring (bicyclic) bond motifs is 1. The Hall–Kier alpha value is -1.55. The van der Waals surface area contributed by atoms with E-state index in [0.29, 0.717) is 5.92 Å². The van der Waals surface area contributed by atoms with Gasteiger partial charge in [0, 0.05) is 38.3 Å². The molecule has 20 heavy (non-hydrogen) atoms. The Morgan fingerprint density at radius 1 is 1.30 bits per heavy atom. The summed E-state index contributed by atoms with van der Waals surface area (Å²) in [5.41, 5.74) is 4.38. The smallest absolute Gasteiger partial charge is 0.195 e. The van der Waals surface area contributed by atoms with Crippen molar-refractivity contribution in [1.29, 1.82) is 0 Å². The van der Waals surface area contributed by atoms with E-state index in [9.17, 15) is 0 Å². The molecule has 0 radical (unpaired) electrons. The van der Waals surface area contributed by atoms with E-state index in [1.54, 1.807) is 0 Å². The molecule has 3 rings (SSSR count). The van der Waals surface area contributed by atoms with Gasteiger partial charge in [-0.1, -0.05) is 13.8 Å². The molecule has 1 saturated heterocycles. The van der Waals surface area contributed by atoms with Gasteiger partial charge in [-0.25, -0.2) is 4.98 Å². The number of nitrogens with zero attached hydrogens (tertiary/aromatic N) is 2. The monoisotopic (exact) mass is 273 g/mol. The largest absolute Gasteiger partial charge is 0.440 e. The molecule has 1 aliphatic heterocycles. The van der Waals surface area contributed by atoms with Crippen LogP contribution in [0.2, 0.25) is 0 Å². The highest BCUT2D eigenvalue weighted by atomic mass is 16.3. The summed E-state index contributed by atoms with van der Waals surface area (Å²) in [6.45, 7) is 10.7. The molecule has 0 aliphatic carbocycles. The Morgan fingerprint density at radius 2 is 2.05 bits per heavy atom. The van der Waals surface area contributed by atoms with Crippen LogP contribution in [0.15, 0.2) is 16.5 Å². The molecule has 0 atom stereocenters. The van der Waals surface area contributed by atoms with E-state index in [0.717, 1.165) is 49.6 Å². The van der Waals surface area contributed by atoms with Crippen LogP contribution in [-0.2, 0) is 6.42 Å². The summed E-state index contributed by atoms with van der Waals surface area (Å²) in [4.78, 5) is 7.08. The van der Waals surface area contributed by atoms with E-state index < -0.39 is 0 Å². The molecule has 1 N–H and O–H groups in total. The van der Waals surface area contributed by atoms with Crippen LogP contribution in [0.25, 0.3) is 11.1 Å². The minimum absolute atomic E-state index is 0.566. The number of benzene rings is 1. The van der Waals surface area contributed by atoms with Gasteiger partial charge in [-0.05, 0) is 30.5 Å². The first-order chi connectivity index (χ1) is 9.63. The highest BCUT2D eigenvalue weighted by Crippen LogP contribution is 2.27. The fourth-order valence-corrected chi connectivity index (χ4v) is 2.77. The lowest BCUT2D eigenvalue weighted by Gasteiger charge is -2.29. The van der Waals surface area contributed by atoms with E-state index >= 15 is 0 Å². The Bertz CT molecular complexity index is 597. The zero-order chi connectivity index (χ0) is 14.1. The van der Waals surface area contributed by atoms with Crippen LogP contribution in [0.3, 0.4) is 0 Å². The van der Waals surface area contributed by atoms with E-state index in [4.69, 9.17) is 4.42 Å². The maximum atomic E-state index is 5.91. The molecule has 1 fully saturated rings. The van der Waals surface area contributed by atoms with Gasteiger partial charge in [0.25, 0.3) is 0 Å². The lowest BCUT2D eigenvalue weighted by atomic mass is 10.1. The maximum absolute atomic E-state index is 5.91. The van der Waals surface area contributed by atoms with Crippen molar-refractivity contribution in [2.75, 3.05) is 31.1 Å². The second kappa shape index (κ2) is 5.44. The van der Waals surface area contributed by atoms with Crippen molar-refractivity contribution in [2.45, 2.75) is 27.2 Å². The van der Waals surface area contributed by atoms with Crippen molar-refractivity contribution in [3.63, 3.8) is 0 Å². The van der Waals surface area contributed by atoms with Gasteiger partial charge >= 0.3 is 0 Å². The molecule has 4 nitrogen and oxygen atoms in total. The molecular weight excluding hydrogens is 250 g/mol. The van der Waals surface area contributed by atoms with Crippen molar-refractivity contribution in [1.82, 2.24) is 10.3 Å². The molecule has 2 aromatic rings. The minimum atomic E-state index is 0.566. The average molecular weight is 273 g/mol. The molecule has 1 aliphatic rings. The standard InChI is InChI=1S/C16H23N3O/c1-11(2)8-15-18-14-10-13(9-12(3)16(14)20-15)19-6-4-17-5-7-19/h9-11,17H,4-8H2,1-3H3. The van der Waals surface area contributed by atoms with Gasteiger partial charge in [-0.15, -0.1) is 0 Å². The molecule has 0 spiro atoms. The molecule has 4 heteroatoms. The van der Waals surface area contributed by atoms with Gasteiger partial charge in [0.15, 0.2) is 11.5 Å². The summed E-state index contributed by atoms with van der Waals surface area (Å²) in [5, 5.41) is 3.39. The fourth-order valence-electron chi connectivity index (χ4n) is 2.77. The number of aromatic nitrogens is 1. The van der Waals surface area contributed by atoms with Gasteiger partial charge in [0.1, 0.15) is 5.52 Å². The van der Waals surface area contributed by atoms with Crippen LogP contribution in [-0.4, -0.2) is 31.2 Å². The Kier molecular flexibility index (Phi) is 3.66. The van der Waals surface area contributed by atoms with Crippen molar-refractivity contribution in [3.8, 4) is 0 Å². The summed E-state index contributed by atoms with van der Waals surface area (Å²) in [6, 6.07) is 4.39. The summed E-state index contributed by atoms with van der Waals surface area (Å²) >= 11 is 0. The highest BCUT2D eigenvalue weighted by Gasteiger charge is 2.15. The Balaban J connectivity index is 1.95. The summed E-state index contributed by atoms with van der Waals surface area (Å²) in [5.74, 6) is 1.42. The van der Waals surface area contributed by atoms with E-state index in [1.165, 1.54) is 11.3 Å². The number of aryl methyl sites for hydroxylation is 1. The first-order valence-electron chi connectivity index (χ1n) is 7.49. The van der Waals surface area contributed by atoms with Crippen LogP contribution in [0.5, 0.6) is 0 Å². The number of rotatable bonds is 3. The zero-order valence-electron chi connectivity index (χ0n) is 12.6. The number of nitrogens with one attached hydrogen (secondary N) is 1. The number of anilines is 1. The van der Waals surface area contributed by atoms with Crippen molar-refractivity contribution >= 4 is 16.8 Å². The second-order valence-electron chi connectivity index (χ2n) is 6.05. The molecule has 2 heterocycles. The third-order valence-electron chi connectivity index (χ3n) is 3.77. The Labute approximate surface area is 120 Å². The lowest BCUT2D eigenvalue weighted by molar-refractivity contribution is 0.481. The highest BCUT2D eigenvalue weighted by molar-refractivity contribution is 5.81. The van der Waals surface area contributed by atoms with Crippen LogP contribution < -0.4 is 10.2 Å². The molecule has 1 aromatic carbocycles. The molecule has 0 unspecified atom stereocenters. The SMILES string of the molecule is Cc1cc(N2CCNCC2)cc2nc(CC(C)C)oc12. The summed E-state index contributed by atoms with van der Waals surface area (Å²) < 4.78 is 5.91. The number of hydrogen-bond acceptors (Lipinski definition) is 4. The van der Waals surface area contributed by atoms with E-state index in [1.807, 2.05) is 0 Å². The van der Waals surface area contributed by atoms with Gasteiger partial charge in [0.05, 0.1) is 0 Å². The third kappa shape index (κ3) is 2.66. The second-order valence-corrected chi connectivity index (χ2v) is 6.05. The predicted molar refractivity (Wildman–Crippen MR) is 82.4 cm³/mol. The number of piperazine rings is 1. The molecule has 1 aromatic heterocycles. The molecule has 0 saturated carbocycles. The Morgan fingerprint density at radius 3 is 2.75 bits per heavy atom. The minimum Gasteiger partial charge on any atom is -0.440 e. The zero-order valence-corrected chi connectivity index (χ0v) is 12.6. The van der Waals surface area contributed by atoms with Crippen LogP contribution in [0, 0.1) is 12.8 Å². The van der Waals surface area contributed by atoms with Crippen LogP contribution >= 0.6 is 0 Å². The molecule has 108 valence electrons. The fraction of sp³-hybridized carbons (Fsp3) is 0.562. The average Bonchev–Trinajstić information content (AvgIpc) is 2.82. The van der Waals surface area contributed by atoms with Crippen molar-refractivity contribution in [3.05, 3.63) is 23.6 Å². The lowest BCUT2D eigenvalue weighted by Crippen LogP contribution is -2.43. The normalized spacial score (nSPS) is 16.3. The first-order valence-corrected chi connectivity index (χ1v) is 7.49. The predicted octanol–water partition coefficient (Wildman–Crippen LogP) is 2.74. The van der Waals surface area contributed by atoms with Crippen molar-refractivity contribution < 1.29 is 4.42 Å². The first kappa shape index (κ1) is 13.4. The molecule has 0 amide bonds. The number of hydrogen-bond donors (Lipinski definition) is 1. The van der Waals surface area contributed by atoms with Crippen LogP contribution in [0.1, 0.15) is 25.3 Å². The maximum Gasteiger partial charge on any atom is 0.195 e.